The van der Waals surface area contributed by atoms with Gasteiger partial charge in [-0.15, -0.1) is 0 Å². The number of hydrogen-bond acceptors (Lipinski definition) is 4. The molecule has 22 heavy (non-hydrogen) atoms. The molecule has 0 saturated carbocycles. The van der Waals surface area contributed by atoms with E-state index in [-0.39, 0.29) is 6.54 Å². The summed E-state index contributed by atoms with van der Waals surface area (Å²) in [4.78, 5) is 0. The van der Waals surface area contributed by atoms with E-state index >= 15 is 0 Å². The Balaban J connectivity index is 1.92. The van der Waals surface area contributed by atoms with Gasteiger partial charge in [-0.2, -0.15) is 0 Å². The zero-order chi connectivity index (χ0) is 15.9. The van der Waals surface area contributed by atoms with Crippen LogP contribution in [0.3, 0.4) is 0 Å². The van der Waals surface area contributed by atoms with Gasteiger partial charge in [-0.25, -0.2) is 4.39 Å². The van der Waals surface area contributed by atoms with E-state index in [1.807, 2.05) is 18.2 Å². The van der Waals surface area contributed by atoms with Gasteiger partial charge in [0.1, 0.15) is 5.82 Å². The van der Waals surface area contributed by atoms with Crippen molar-refractivity contribution in [3.63, 3.8) is 0 Å². The summed E-state index contributed by atoms with van der Waals surface area (Å²) in [5, 5.41) is 13.1. The number of halogens is 1. The van der Waals surface area contributed by atoms with E-state index in [0.29, 0.717) is 23.6 Å². The molecule has 2 rings (SSSR count). The third-order valence-corrected chi connectivity index (χ3v) is 3.38. The number of hydrogen-bond donors (Lipinski definition) is 2. The van der Waals surface area contributed by atoms with Gasteiger partial charge in [0, 0.05) is 18.7 Å². The van der Waals surface area contributed by atoms with Crippen LogP contribution in [0.4, 0.5) is 4.39 Å². The molecule has 0 saturated heterocycles. The SMILES string of the molecule is COc1ccc(CNCC(O)c2ccccc2F)cc1OC. The standard InChI is InChI=1S/C17H20FNO3/c1-21-16-8-7-12(9-17(16)22-2)10-19-11-15(20)13-5-3-4-6-14(13)18/h3-9,15,19-20H,10-11H2,1-2H3. The van der Waals surface area contributed by atoms with E-state index < -0.39 is 11.9 Å². The van der Waals surface area contributed by atoms with Gasteiger partial charge in [-0.1, -0.05) is 24.3 Å². The summed E-state index contributed by atoms with van der Waals surface area (Å²) in [5.41, 5.74) is 1.28. The number of ether oxygens (including phenoxy) is 2. The minimum absolute atomic E-state index is 0.259. The number of aliphatic hydroxyl groups is 1. The van der Waals surface area contributed by atoms with Gasteiger partial charge >= 0.3 is 0 Å². The summed E-state index contributed by atoms with van der Waals surface area (Å²) in [6.07, 6.45) is -0.888. The third-order valence-electron chi connectivity index (χ3n) is 3.38. The molecule has 2 aromatic rings. The molecule has 0 aliphatic carbocycles. The Morgan fingerprint density at radius 3 is 2.50 bits per heavy atom. The lowest BCUT2D eigenvalue weighted by Crippen LogP contribution is -2.21. The van der Waals surface area contributed by atoms with Gasteiger partial charge in [-0.3, -0.25) is 0 Å². The van der Waals surface area contributed by atoms with Crippen molar-refractivity contribution in [1.29, 1.82) is 0 Å². The molecule has 118 valence electrons. The maximum Gasteiger partial charge on any atom is 0.161 e. The monoisotopic (exact) mass is 305 g/mol. The lowest BCUT2D eigenvalue weighted by Gasteiger charge is -2.14. The number of nitrogens with one attached hydrogen (secondary N) is 1. The van der Waals surface area contributed by atoms with Gasteiger partial charge in [0.25, 0.3) is 0 Å². The molecule has 5 heteroatoms. The van der Waals surface area contributed by atoms with Crippen LogP contribution in [0, 0.1) is 5.82 Å². The summed E-state index contributed by atoms with van der Waals surface area (Å²) in [6.45, 7) is 0.793. The zero-order valence-corrected chi connectivity index (χ0v) is 12.7. The molecule has 0 aliphatic heterocycles. The Hall–Kier alpha value is -2.11. The Labute approximate surface area is 129 Å². The molecule has 2 aromatic carbocycles. The normalized spacial score (nSPS) is 12.0. The molecular formula is C17H20FNO3. The lowest BCUT2D eigenvalue weighted by atomic mass is 10.1. The molecule has 0 aliphatic rings. The first-order chi connectivity index (χ1) is 10.7. The fraction of sp³-hybridized carbons (Fsp3) is 0.294. The smallest absolute Gasteiger partial charge is 0.161 e. The van der Waals surface area contributed by atoms with E-state index in [1.165, 1.54) is 6.07 Å². The predicted octanol–water partition coefficient (Wildman–Crippen LogP) is 2.67. The average Bonchev–Trinajstić information content (AvgIpc) is 2.55. The Morgan fingerprint density at radius 2 is 1.82 bits per heavy atom. The highest BCUT2D eigenvalue weighted by molar-refractivity contribution is 5.42. The molecule has 0 aromatic heterocycles. The molecule has 0 radical (unpaired) electrons. The van der Waals surface area contributed by atoms with Crippen LogP contribution in [0.2, 0.25) is 0 Å². The first-order valence-corrected chi connectivity index (χ1v) is 6.99. The van der Waals surface area contributed by atoms with Crippen molar-refractivity contribution >= 4 is 0 Å². The quantitative estimate of drug-likeness (QED) is 0.826. The number of benzene rings is 2. The van der Waals surface area contributed by atoms with Crippen LogP contribution in [0.15, 0.2) is 42.5 Å². The largest absolute Gasteiger partial charge is 0.493 e. The molecule has 0 bridgehead atoms. The van der Waals surface area contributed by atoms with Gasteiger partial charge < -0.3 is 19.9 Å². The fourth-order valence-corrected chi connectivity index (χ4v) is 2.20. The predicted molar refractivity (Wildman–Crippen MR) is 82.6 cm³/mol. The van der Waals surface area contributed by atoms with Crippen molar-refractivity contribution in [2.45, 2.75) is 12.6 Å². The van der Waals surface area contributed by atoms with Crippen molar-refractivity contribution in [3.05, 3.63) is 59.4 Å². The van der Waals surface area contributed by atoms with Crippen LogP contribution in [0.1, 0.15) is 17.2 Å². The van der Waals surface area contributed by atoms with E-state index in [1.54, 1.807) is 32.4 Å². The number of aliphatic hydroxyl groups excluding tert-OH is 1. The highest BCUT2D eigenvalue weighted by Gasteiger charge is 2.11. The molecule has 0 fully saturated rings. The first kappa shape index (κ1) is 16.3. The molecule has 0 heterocycles. The maximum absolute atomic E-state index is 13.6. The maximum atomic E-state index is 13.6. The van der Waals surface area contributed by atoms with E-state index in [9.17, 15) is 9.50 Å². The van der Waals surface area contributed by atoms with Gasteiger partial charge in [0.2, 0.25) is 0 Å². The second-order valence-electron chi connectivity index (χ2n) is 4.86. The van der Waals surface area contributed by atoms with E-state index in [2.05, 4.69) is 5.32 Å². The van der Waals surface area contributed by atoms with Gasteiger partial charge in [0.05, 0.1) is 20.3 Å². The molecule has 0 spiro atoms. The van der Waals surface area contributed by atoms with E-state index in [0.717, 1.165) is 5.56 Å². The van der Waals surface area contributed by atoms with Crippen molar-refractivity contribution in [2.75, 3.05) is 20.8 Å². The summed E-state index contributed by atoms with van der Waals surface area (Å²) < 4.78 is 24.0. The van der Waals surface area contributed by atoms with Crippen molar-refractivity contribution < 1.29 is 19.0 Å². The zero-order valence-electron chi connectivity index (χ0n) is 12.7. The lowest BCUT2D eigenvalue weighted by molar-refractivity contribution is 0.169. The summed E-state index contributed by atoms with van der Waals surface area (Å²) in [6, 6.07) is 11.8. The van der Waals surface area contributed by atoms with E-state index in [4.69, 9.17) is 9.47 Å². The Bertz CT molecular complexity index is 619. The van der Waals surface area contributed by atoms with Gasteiger partial charge in [0.15, 0.2) is 11.5 Å². The topological polar surface area (TPSA) is 50.7 Å². The van der Waals surface area contributed by atoms with Crippen LogP contribution < -0.4 is 14.8 Å². The molecular weight excluding hydrogens is 285 g/mol. The molecule has 1 atom stereocenters. The Morgan fingerprint density at radius 1 is 1.09 bits per heavy atom. The number of rotatable bonds is 7. The average molecular weight is 305 g/mol. The van der Waals surface area contributed by atoms with Gasteiger partial charge in [-0.05, 0) is 23.8 Å². The fourth-order valence-electron chi connectivity index (χ4n) is 2.20. The molecule has 4 nitrogen and oxygen atoms in total. The summed E-state index contributed by atoms with van der Waals surface area (Å²) in [7, 11) is 3.16. The minimum Gasteiger partial charge on any atom is -0.493 e. The second-order valence-corrected chi connectivity index (χ2v) is 4.86. The highest BCUT2D eigenvalue weighted by Crippen LogP contribution is 2.27. The van der Waals surface area contributed by atoms with Crippen LogP contribution in [0.25, 0.3) is 0 Å². The third kappa shape index (κ3) is 3.96. The molecule has 0 amide bonds. The van der Waals surface area contributed by atoms with Crippen LogP contribution in [-0.2, 0) is 6.54 Å². The molecule has 1 unspecified atom stereocenters. The van der Waals surface area contributed by atoms with Crippen LogP contribution >= 0.6 is 0 Å². The Kier molecular flexibility index (Phi) is 5.75. The van der Waals surface area contributed by atoms with Crippen LogP contribution in [0.5, 0.6) is 11.5 Å². The summed E-state index contributed by atoms with van der Waals surface area (Å²) >= 11 is 0. The summed E-state index contributed by atoms with van der Waals surface area (Å²) in [5.74, 6) is 0.914. The van der Waals surface area contributed by atoms with Crippen molar-refractivity contribution in [3.8, 4) is 11.5 Å². The first-order valence-electron chi connectivity index (χ1n) is 6.99. The second kappa shape index (κ2) is 7.77. The number of methoxy groups -OCH3 is 2. The van der Waals surface area contributed by atoms with Crippen LogP contribution in [-0.4, -0.2) is 25.9 Å². The van der Waals surface area contributed by atoms with Crippen molar-refractivity contribution in [2.24, 2.45) is 0 Å². The highest BCUT2D eigenvalue weighted by atomic mass is 19.1. The van der Waals surface area contributed by atoms with Crippen molar-refractivity contribution in [1.82, 2.24) is 5.32 Å². The molecule has 2 N–H and O–H groups in total. The minimum atomic E-state index is -0.888.